The third kappa shape index (κ3) is 5.54. The lowest BCUT2D eigenvalue weighted by molar-refractivity contribution is -0.148. The Morgan fingerprint density at radius 2 is 2.03 bits per heavy atom. The number of aldehydes is 1. The van der Waals surface area contributed by atoms with Crippen LogP contribution in [0, 0.1) is 5.92 Å². The van der Waals surface area contributed by atoms with Gasteiger partial charge in [-0.2, -0.15) is 0 Å². The van der Waals surface area contributed by atoms with Crippen molar-refractivity contribution in [3.8, 4) is 0 Å². The zero-order valence-electron chi connectivity index (χ0n) is 17.3. The molecule has 2 aliphatic rings. The zero-order valence-corrected chi connectivity index (χ0v) is 17.3. The van der Waals surface area contributed by atoms with Crippen LogP contribution in [-0.4, -0.2) is 54.2 Å². The van der Waals surface area contributed by atoms with Crippen molar-refractivity contribution >= 4 is 24.2 Å². The molecule has 8 heteroatoms. The van der Waals surface area contributed by atoms with E-state index < -0.39 is 42.1 Å². The second-order valence-electron chi connectivity index (χ2n) is 7.28. The van der Waals surface area contributed by atoms with Crippen molar-refractivity contribution in [3.05, 3.63) is 47.1 Å². The molecule has 4 atom stereocenters. The Hall–Kier alpha value is -3.00. The molecule has 0 amide bonds. The molecule has 2 rings (SSSR count). The van der Waals surface area contributed by atoms with E-state index in [2.05, 4.69) is 6.58 Å². The maximum absolute atomic E-state index is 12.4. The van der Waals surface area contributed by atoms with E-state index in [1.807, 2.05) is 0 Å². The first-order chi connectivity index (χ1) is 14.2. The second kappa shape index (κ2) is 10.2. The fourth-order valence-corrected chi connectivity index (χ4v) is 3.44. The predicted molar refractivity (Wildman–Crippen MR) is 106 cm³/mol. The van der Waals surface area contributed by atoms with Crippen LogP contribution in [0.4, 0.5) is 0 Å². The zero-order chi connectivity index (χ0) is 22.4. The summed E-state index contributed by atoms with van der Waals surface area (Å²) in [6.07, 6.45) is 3.17. The van der Waals surface area contributed by atoms with Gasteiger partial charge in [0, 0.05) is 30.9 Å². The first-order valence-corrected chi connectivity index (χ1v) is 9.56. The lowest BCUT2D eigenvalue weighted by atomic mass is 9.85. The van der Waals surface area contributed by atoms with E-state index in [1.165, 1.54) is 19.9 Å². The van der Waals surface area contributed by atoms with Crippen molar-refractivity contribution in [2.24, 2.45) is 5.92 Å². The van der Waals surface area contributed by atoms with E-state index in [1.54, 1.807) is 19.1 Å². The molecule has 0 bridgehead atoms. The lowest BCUT2D eigenvalue weighted by Gasteiger charge is -2.28. The summed E-state index contributed by atoms with van der Waals surface area (Å²) in [6.45, 7) is 7.96. The molecule has 30 heavy (non-hydrogen) atoms. The van der Waals surface area contributed by atoms with E-state index in [0.717, 1.165) is 0 Å². The standard InChI is InChI=1S/C22H26O8/c1-12(7-8-23)21(26)29-19-10-16(11-24)5-6-17(28-15(4)25)13(2)9-18-20(19)14(3)22(27)30-18/h5,7,9,11,17-20,23H,3,6,8,10H2,1-2,4H3/b12-7+,13-9?,16-5?/t17-,18+,19+,20-/m0/s1. The Morgan fingerprint density at radius 3 is 2.63 bits per heavy atom. The molecule has 1 aliphatic carbocycles. The van der Waals surface area contributed by atoms with Crippen molar-refractivity contribution < 1.29 is 38.5 Å². The van der Waals surface area contributed by atoms with Gasteiger partial charge in [0.25, 0.3) is 0 Å². The molecule has 0 aromatic heterocycles. The third-order valence-electron chi connectivity index (χ3n) is 5.07. The van der Waals surface area contributed by atoms with Crippen LogP contribution in [0.25, 0.3) is 0 Å². The molecule has 1 fully saturated rings. The van der Waals surface area contributed by atoms with Crippen molar-refractivity contribution in [1.29, 1.82) is 0 Å². The summed E-state index contributed by atoms with van der Waals surface area (Å²) in [5, 5.41) is 9.00. The fraction of sp³-hybridized carbons (Fsp3) is 0.455. The van der Waals surface area contributed by atoms with Gasteiger partial charge in [0.2, 0.25) is 0 Å². The van der Waals surface area contributed by atoms with Gasteiger partial charge in [-0.05, 0) is 37.1 Å². The smallest absolute Gasteiger partial charge is 0.334 e. The van der Waals surface area contributed by atoms with Crippen LogP contribution in [0.5, 0.6) is 0 Å². The summed E-state index contributed by atoms with van der Waals surface area (Å²) in [5.74, 6) is -2.51. The van der Waals surface area contributed by atoms with Crippen molar-refractivity contribution in [2.45, 2.75) is 51.9 Å². The highest BCUT2D eigenvalue weighted by Crippen LogP contribution is 2.36. The molecule has 0 unspecified atom stereocenters. The molecule has 1 N–H and O–H groups in total. The van der Waals surface area contributed by atoms with Gasteiger partial charge in [0.15, 0.2) is 0 Å². The topological polar surface area (TPSA) is 116 Å². The quantitative estimate of drug-likeness (QED) is 0.236. The van der Waals surface area contributed by atoms with Gasteiger partial charge < -0.3 is 19.3 Å². The number of fused-ring (bicyclic) bond motifs is 1. The summed E-state index contributed by atoms with van der Waals surface area (Å²) in [7, 11) is 0. The number of aliphatic hydroxyl groups is 1. The molecule has 1 saturated heterocycles. The summed E-state index contributed by atoms with van der Waals surface area (Å²) in [5.41, 5.74) is 1.28. The molecule has 1 aliphatic heterocycles. The lowest BCUT2D eigenvalue weighted by Crippen LogP contribution is -2.34. The predicted octanol–water partition coefficient (Wildman–Crippen LogP) is 1.73. The van der Waals surface area contributed by atoms with Crippen molar-refractivity contribution in [2.75, 3.05) is 6.61 Å². The number of aliphatic hydroxyl groups excluding tert-OH is 1. The second-order valence-corrected chi connectivity index (χ2v) is 7.28. The number of carbonyl (C=O) groups is 4. The summed E-state index contributed by atoms with van der Waals surface area (Å²) < 4.78 is 16.3. The number of hydrogen-bond acceptors (Lipinski definition) is 8. The number of ether oxygens (including phenoxy) is 3. The Morgan fingerprint density at radius 1 is 1.33 bits per heavy atom. The Balaban J connectivity index is 2.47. The van der Waals surface area contributed by atoms with E-state index in [-0.39, 0.29) is 30.6 Å². The van der Waals surface area contributed by atoms with Gasteiger partial charge in [-0.25, -0.2) is 9.59 Å². The van der Waals surface area contributed by atoms with Crippen LogP contribution in [0.3, 0.4) is 0 Å². The number of rotatable bonds is 5. The van der Waals surface area contributed by atoms with Gasteiger partial charge in [-0.3, -0.25) is 9.59 Å². The molecule has 0 radical (unpaired) electrons. The highest BCUT2D eigenvalue weighted by Gasteiger charge is 2.45. The Labute approximate surface area is 174 Å². The van der Waals surface area contributed by atoms with Crippen LogP contribution < -0.4 is 0 Å². The molecule has 0 saturated carbocycles. The normalized spacial score (nSPS) is 27.3. The molecule has 162 valence electrons. The van der Waals surface area contributed by atoms with Crippen LogP contribution in [0.15, 0.2) is 47.1 Å². The molecule has 8 nitrogen and oxygen atoms in total. The Bertz CT molecular complexity index is 832. The molecular weight excluding hydrogens is 392 g/mol. The number of carbonyl (C=O) groups excluding carboxylic acids is 4. The molecule has 0 aromatic carbocycles. The van der Waals surface area contributed by atoms with Crippen LogP contribution in [0.2, 0.25) is 0 Å². The van der Waals surface area contributed by atoms with Gasteiger partial charge in [-0.1, -0.05) is 12.7 Å². The molecule has 1 heterocycles. The first-order valence-electron chi connectivity index (χ1n) is 9.56. The largest absolute Gasteiger partial charge is 0.458 e. The minimum Gasteiger partial charge on any atom is -0.458 e. The van der Waals surface area contributed by atoms with E-state index in [0.29, 0.717) is 17.4 Å². The third-order valence-corrected chi connectivity index (χ3v) is 5.07. The monoisotopic (exact) mass is 418 g/mol. The van der Waals surface area contributed by atoms with E-state index in [9.17, 15) is 19.2 Å². The van der Waals surface area contributed by atoms with Gasteiger partial charge in [-0.15, -0.1) is 0 Å². The van der Waals surface area contributed by atoms with E-state index >= 15 is 0 Å². The maximum Gasteiger partial charge on any atom is 0.334 e. The van der Waals surface area contributed by atoms with Crippen LogP contribution >= 0.6 is 0 Å². The van der Waals surface area contributed by atoms with Crippen LogP contribution in [-0.2, 0) is 33.4 Å². The molecule has 0 spiro atoms. The Kier molecular flexibility index (Phi) is 7.88. The SMILES string of the molecule is C=C1C(=O)O[C@@H]2C=C(C)[C@@H](OC(C)=O)CC=C(C=O)C[C@@H](OC(=O)/C(C)=C/CO)[C@@H]12. The van der Waals surface area contributed by atoms with Crippen molar-refractivity contribution in [3.63, 3.8) is 0 Å². The number of esters is 3. The van der Waals surface area contributed by atoms with Crippen molar-refractivity contribution in [1.82, 2.24) is 0 Å². The van der Waals surface area contributed by atoms with Gasteiger partial charge >= 0.3 is 17.9 Å². The first kappa shape index (κ1) is 23.3. The highest BCUT2D eigenvalue weighted by molar-refractivity contribution is 5.92. The highest BCUT2D eigenvalue weighted by atomic mass is 16.6. The summed E-state index contributed by atoms with van der Waals surface area (Å²) in [4.78, 5) is 47.7. The summed E-state index contributed by atoms with van der Waals surface area (Å²) >= 11 is 0. The summed E-state index contributed by atoms with van der Waals surface area (Å²) in [6, 6.07) is 0. The fourth-order valence-electron chi connectivity index (χ4n) is 3.44. The van der Waals surface area contributed by atoms with Gasteiger partial charge in [0.1, 0.15) is 24.6 Å². The molecular formula is C22H26O8. The van der Waals surface area contributed by atoms with Crippen LogP contribution in [0.1, 0.15) is 33.6 Å². The minimum absolute atomic E-state index is 0.0259. The van der Waals surface area contributed by atoms with Gasteiger partial charge in [0.05, 0.1) is 12.5 Å². The minimum atomic E-state index is -0.894. The average molecular weight is 418 g/mol. The molecule has 0 aromatic rings. The number of hydrogen-bond donors (Lipinski definition) is 1. The van der Waals surface area contributed by atoms with E-state index in [4.69, 9.17) is 19.3 Å². The average Bonchev–Trinajstić information content (AvgIpc) is 2.95. The maximum atomic E-state index is 12.4.